The Labute approximate surface area is 161 Å². The minimum absolute atomic E-state index is 0.441. The number of imidazole rings is 1. The summed E-state index contributed by atoms with van der Waals surface area (Å²) in [6.45, 7) is 0.725. The van der Waals surface area contributed by atoms with Gasteiger partial charge in [0, 0.05) is 23.7 Å². The van der Waals surface area contributed by atoms with Gasteiger partial charge in [0.15, 0.2) is 11.6 Å². The Kier molecular flexibility index (Phi) is 5.04. The molecule has 142 valence electrons. The normalized spacial score (nSPS) is 15.4. The average molecular weight is 391 g/mol. The summed E-state index contributed by atoms with van der Waals surface area (Å²) in [6, 6.07) is 7.74. The molecule has 4 rings (SSSR count). The summed E-state index contributed by atoms with van der Waals surface area (Å²) in [5.74, 6) is -0.0135. The molecule has 1 heterocycles. The highest BCUT2D eigenvalue weighted by molar-refractivity contribution is 6.30. The van der Waals surface area contributed by atoms with E-state index >= 15 is 0 Å². The Morgan fingerprint density at radius 1 is 1.11 bits per heavy atom. The molecule has 0 unspecified atom stereocenters. The highest BCUT2D eigenvalue weighted by atomic mass is 35.5. The summed E-state index contributed by atoms with van der Waals surface area (Å²) in [4.78, 5) is 4.62. The summed E-state index contributed by atoms with van der Waals surface area (Å²) in [5, 5.41) is 0.558. The second-order valence-corrected chi connectivity index (χ2v) is 7.59. The Bertz CT molecular complexity index is 980. The van der Waals surface area contributed by atoms with Crippen LogP contribution in [0.5, 0.6) is 5.75 Å². The van der Waals surface area contributed by atoms with Gasteiger partial charge in [0.2, 0.25) is 0 Å². The van der Waals surface area contributed by atoms with Gasteiger partial charge in [-0.25, -0.2) is 13.8 Å². The van der Waals surface area contributed by atoms with Crippen molar-refractivity contribution in [1.82, 2.24) is 9.55 Å². The van der Waals surface area contributed by atoms with Crippen LogP contribution >= 0.6 is 11.6 Å². The van der Waals surface area contributed by atoms with Gasteiger partial charge in [0.05, 0.1) is 23.7 Å². The lowest BCUT2D eigenvalue weighted by Crippen LogP contribution is -2.15. The highest BCUT2D eigenvalue weighted by Crippen LogP contribution is 2.36. The number of aromatic nitrogens is 2. The number of methoxy groups -OCH3 is 1. The first-order valence-electron chi connectivity index (χ1n) is 9.26. The minimum Gasteiger partial charge on any atom is -0.496 e. The van der Waals surface area contributed by atoms with Crippen molar-refractivity contribution in [2.24, 2.45) is 5.92 Å². The highest BCUT2D eigenvalue weighted by Gasteiger charge is 2.22. The molecule has 27 heavy (non-hydrogen) atoms. The summed E-state index contributed by atoms with van der Waals surface area (Å²) in [6.07, 6.45) is 5.96. The van der Waals surface area contributed by atoms with Crippen LogP contribution in [-0.2, 0) is 6.54 Å². The van der Waals surface area contributed by atoms with Crippen LogP contribution in [0, 0.1) is 17.6 Å². The number of fused-ring (bicyclic) bond motifs is 1. The van der Waals surface area contributed by atoms with Gasteiger partial charge in [0.25, 0.3) is 0 Å². The van der Waals surface area contributed by atoms with Gasteiger partial charge in [-0.1, -0.05) is 30.9 Å². The van der Waals surface area contributed by atoms with Gasteiger partial charge in [-0.05, 0) is 37.0 Å². The standard InChI is InChI=1S/C21H21ClF2N2O/c1-27-20-9-14(22)7-8-15(20)21-25-18-10-16(23)17(24)11-19(18)26(21)12-13-5-3-2-4-6-13/h7-11,13H,2-6,12H2,1H3. The van der Waals surface area contributed by atoms with Gasteiger partial charge >= 0.3 is 0 Å². The fourth-order valence-electron chi connectivity index (χ4n) is 3.99. The molecule has 3 nitrogen and oxygen atoms in total. The molecule has 0 radical (unpaired) electrons. The van der Waals surface area contributed by atoms with Crippen LogP contribution in [0.15, 0.2) is 30.3 Å². The second-order valence-electron chi connectivity index (χ2n) is 7.15. The third-order valence-corrected chi connectivity index (χ3v) is 5.60. The summed E-state index contributed by atoms with van der Waals surface area (Å²) >= 11 is 6.09. The molecule has 0 N–H and O–H groups in total. The molecule has 1 fully saturated rings. The van der Waals surface area contributed by atoms with Crippen molar-refractivity contribution in [2.45, 2.75) is 38.6 Å². The predicted molar refractivity (Wildman–Crippen MR) is 103 cm³/mol. The molecular weight excluding hydrogens is 370 g/mol. The van der Waals surface area contributed by atoms with Crippen molar-refractivity contribution in [3.63, 3.8) is 0 Å². The molecule has 0 aliphatic heterocycles. The lowest BCUT2D eigenvalue weighted by molar-refractivity contribution is 0.323. The summed E-state index contributed by atoms with van der Waals surface area (Å²) in [5.41, 5.74) is 1.80. The van der Waals surface area contributed by atoms with Gasteiger partial charge in [-0.15, -0.1) is 0 Å². The number of benzene rings is 2. The largest absolute Gasteiger partial charge is 0.496 e. The first kappa shape index (κ1) is 18.2. The first-order valence-corrected chi connectivity index (χ1v) is 9.64. The molecule has 1 aromatic heterocycles. The maximum Gasteiger partial charge on any atom is 0.161 e. The molecule has 0 spiro atoms. The molecule has 1 aliphatic carbocycles. The molecule has 2 aromatic carbocycles. The van der Waals surface area contributed by atoms with Crippen LogP contribution in [0.3, 0.4) is 0 Å². The van der Waals surface area contributed by atoms with Crippen molar-refractivity contribution in [2.75, 3.05) is 7.11 Å². The molecule has 0 amide bonds. The Morgan fingerprint density at radius 3 is 2.59 bits per heavy atom. The zero-order chi connectivity index (χ0) is 19.0. The van der Waals surface area contributed by atoms with E-state index in [0.717, 1.165) is 31.0 Å². The van der Waals surface area contributed by atoms with Gasteiger partial charge in [-0.3, -0.25) is 0 Å². The summed E-state index contributed by atoms with van der Waals surface area (Å²) in [7, 11) is 1.57. The second kappa shape index (κ2) is 7.47. The maximum atomic E-state index is 14.0. The van der Waals surface area contributed by atoms with E-state index in [1.54, 1.807) is 19.2 Å². The molecule has 0 saturated heterocycles. The van der Waals surface area contributed by atoms with Crippen LogP contribution in [-0.4, -0.2) is 16.7 Å². The van der Waals surface area contributed by atoms with E-state index < -0.39 is 11.6 Å². The van der Waals surface area contributed by atoms with E-state index in [1.165, 1.54) is 25.3 Å². The van der Waals surface area contributed by atoms with Crippen LogP contribution in [0.4, 0.5) is 8.78 Å². The van der Waals surface area contributed by atoms with Crippen molar-refractivity contribution in [3.05, 3.63) is 47.0 Å². The third kappa shape index (κ3) is 3.53. The van der Waals surface area contributed by atoms with E-state index in [2.05, 4.69) is 4.98 Å². The van der Waals surface area contributed by atoms with Gasteiger partial charge in [0.1, 0.15) is 11.6 Å². The maximum absolute atomic E-state index is 14.0. The van der Waals surface area contributed by atoms with E-state index in [-0.39, 0.29) is 0 Å². The quantitative estimate of drug-likeness (QED) is 0.528. The zero-order valence-electron chi connectivity index (χ0n) is 15.1. The Balaban J connectivity index is 1.89. The smallest absolute Gasteiger partial charge is 0.161 e. The zero-order valence-corrected chi connectivity index (χ0v) is 15.9. The molecule has 6 heteroatoms. The number of halogens is 3. The number of ether oxygens (including phenoxy) is 1. The number of hydrogen-bond acceptors (Lipinski definition) is 2. The van der Waals surface area contributed by atoms with Crippen molar-refractivity contribution < 1.29 is 13.5 Å². The lowest BCUT2D eigenvalue weighted by atomic mass is 9.89. The summed E-state index contributed by atoms with van der Waals surface area (Å²) < 4.78 is 35.2. The first-order chi connectivity index (χ1) is 13.1. The van der Waals surface area contributed by atoms with Crippen LogP contribution in [0.1, 0.15) is 32.1 Å². The molecule has 1 aliphatic rings. The average Bonchev–Trinajstić information content (AvgIpc) is 3.00. The van der Waals surface area contributed by atoms with Crippen molar-refractivity contribution in [3.8, 4) is 17.1 Å². The molecule has 0 atom stereocenters. The molecular formula is C21H21ClF2N2O. The van der Waals surface area contributed by atoms with E-state index in [4.69, 9.17) is 16.3 Å². The van der Waals surface area contributed by atoms with Crippen LogP contribution < -0.4 is 4.74 Å². The van der Waals surface area contributed by atoms with Gasteiger partial charge < -0.3 is 9.30 Å². The van der Waals surface area contributed by atoms with E-state index in [1.807, 2.05) is 10.6 Å². The van der Waals surface area contributed by atoms with Crippen molar-refractivity contribution in [1.29, 1.82) is 0 Å². The fraction of sp³-hybridized carbons (Fsp3) is 0.381. The lowest BCUT2D eigenvalue weighted by Gasteiger charge is -2.23. The topological polar surface area (TPSA) is 27.1 Å². The molecule has 3 aromatic rings. The number of nitrogens with zero attached hydrogens (tertiary/aromatic N) is 2. The van der Waals surface area contributed by atoms with Gasteiger partial charge in [-0.2, -0.15) is 0 Å². The van der Waals surface area contributed by atoms with E-state index in [0.29, 0.717) is 33.5 Å². The Hall–Kier alpha value is -2.14. The minimum atomic E-state index is -0.889. The molecule has 0 bridgehead atoms. The fourth-order valence-corrected chi connectivity index (χ4v) is 4.15. The monoisotopic (exact) mass is 390 g/mol. The van der Waals surface area contributed by atoms with Crippen LogP contribution in [0.25, 0.3) is 22.4 Å². The third-order valence-electron chi connectivity index (χ3n) is 5.36. The van der Waals surface area contributed by atoms with Crippen LogP contribution in [0.2, 0.25) is 5.02 Å². The molecule has 1 saturated carbocycles. The Morgan fingerprint density at radius 2 is 1.85 bits per heavy atom. The van der Waals surface area contributed by atoms with Crippen molar-refractivity contribution >= 4 is 22.6 Å². The number of hydrogen-bond donors (Lipinski definition) is 0. The predicted octanol–water partition coefficient (Wildman–Crippen LogP) is 6.22. The van der Waals surface area contributed by atoms with E-state index in [9.17, 15) is 8.78 Å². The SMILES string of the molecule is COc1cc(Cl)ccc1-c1nc2cc(F)c(F)cc2n1CC1CCCCC1. The number of rotatable bonds is 4.